The first-order valence-electron chi connectivity index (χ1n) is 10.5. The molecule has 94 valence electrons. The first kappa shape index (κ1) is 4.57. The number of ether oxygens (including phenoxy) is 1. The number of methoxy groups -OCH3 is 1. The van der Waals surface area contributed by atoms with Crippen molar-refractivity contribution in [2.45, 2.75) is 13.3 Å². The molecule has 0 atom stereocenters. The van der Waals surface area contributed by atoms with Crippen LogP contribution >= 0.6 is 0 Å². The number of rotatable bonds is 4. The van der Waals surface area contributed by atoms with E-state index in [2.05, 4.69) is 0 Å². The summed E-state index contributed by atoms with van der Waals surface area (Å²) in [4.78, 5) is 11.5. The van der Waals surface area contributed by atoms with Gasteiger partial charge >= 0.3 is 0 Å². The van der Waals surface area contributed by atoms with Gasteiger partial charge in [-0.15, -0.1) is 0 Å². The molecule has 0 bridgehead atoms. The molecule has 0 spiro atoms. The molecule has 0 aliphatic carbocycles. The van der Waals surface area contributed by atoms with Crippen LogP contribution in [0.5, 0.6) is 5.75 Å². The molecule has 0 heterocycles. The third-order valence-corrected chi connectivity index (χ3v) is 2.01. The Morgan fingerprint density at radius 3 is 3.06 bits per heavy atom. The second-order valence-electron chi connectivity index (χ2n) is 3.28. The highest BCUT2D eigenvalue weighted by Gasteiger charge is 2.03. The second kappa shape index (κ2) is 5.54. The largest absolute Gasteiger partial charge is 0.497 e. The van der Waals surface area contributed by atoms with Crippen molar-refractivity contribution in [1.29, 1.82) is 0 Å². The third-order valence-electron chi connectivity index (χ3n) is 2.01. The van der Waals surface area contributed by atoms with Crippen LogP contribution in [0.15, 0.2) is 36.3 Å². The normalized spacial score (nSPS) is 20.7. The van der Waals surface area contributed by atoms with E-state index in [0.29, 0.717) is 0 Å². The Hall–Kier alpha value is -2.03. The molecule has 3 heteroatoms. The van der Waals surface area contributed by atoms with E-state index in [4.69, 9.17) is 19.9 Å². The molecule has 0 aliphatic rings. The van der Waals surface area contributed by atoms with Gasteiger partial charge in [0.1, 0.15) is 5.75 Å². The number of nitrogens with one attached hydrogen (secondary N) is 1. The molecule has 3 nitrogen and oxygen atoms in total. The molecule has 0 saturated heterocycles. The van der Waals surface area contributed by atoms with E-state index in [0.717, 1.165) is 14.0 Å². The highest BCUT2D eigenvalue weighted by atomic mass is 16.5. The lowest BCUT2D eigenvalue weighted by Crippen LogP contribution is -2.22. The van der Waals surface area contributed by atoms with Gasteiger partial charge in [-0.3, -0.25) is 4.79 Å². The van der Waals surface area contributed by atoms with Crippen LogP contribution in [0.2, 0.25) is 1.41 Å². The van der Waals surface area contributed by atoms with Gasteiger partial charge in [0.15, 0.2) is 1.41 Å². The summed E-state index contributed by atoms with van der Waals surface area (Å²) in [6, 6.07) is -4.38. The zero-order chi connectivity index (χ0) is 22.6. The zero-order valence-corrected chi connectivity index (χ0v) is 9.76. The first-order valence-corrected chi connectivity index (χ1v) is 5.01. The van der Waals surface area contributed by atoms with Gasteiger partial charge in [0.25, 0.3) is 0 Å². The number of benzene rings is 2. The number of carbonyl (C=O) groups is 1. The van der Waals surface area contributed by atoms with Gasteiger partial charge in [-0.1, -0.05) is 24.2 Å². The van der Waals surface area contributed by atoms with Crippen LogP contribution in [-0.4, -0.2) is 19.5 Å². The van der Waals surface area contributed by atoms with Crippen LogP contribution in [0, 0.1) is 0 Å². The molecule has 18 heavy (non-hydrogen) atoms. The molecule has 0 aromatic heterocycles. The summed E-state index contributed by atoms with van der Waals surface area (Å²) in [6.07, 6.45) is -3.30. The molecule has 0 radical (unpaired) electrons. The van der Waals surface area contributed by atoms with Crippen molar-refractivity contribution in [2.75, 3.05) is 13.6 Å². The van der Waals surface area contributed by atoms with Crippen molar-refractivity contribution >= 4 is 16.7 Å². The number of fused-ring (bicyclic) bond motifs is 1. The first-order chi connectivity index (χ1) is 13.1. The SMILES string of the molecule is [2H]c1c([2H])c(C([2H])([2H])C([2H])([2H])N([2H])C(C)=O)c2c([2H])c(OC)c([2H])c([2H])c2c1[2H]. The fourth-order valence-corrected chi connectivity index (χ4v) is 1.25. The van der Waals surface area contributed by atoms with Gasteiger partial charge in [-0.2, -0.15) is 0 Å². The van der Waals surface area contributed by atoms with E-state index in [-0.39, 0.29) is 5.31 Å². The Balaban J connectivity index is 3.16. The van der Waals surface area contributed by atoms with Gasteiger partial charge in [0, 0.05) is 18.9 Å². The van der Waals surface area contributed by atoms with E-state index >= 15 is 0 Å². The van der Waals surface area contributed by atoms with Crippen molar-refractivity contribution in [2.24, 2.45) is 0 Å². The summed E-state index contributed by atoms with van der Waals surface area (Å²) in [6.45, 7) is -2.49. The van der Waals surface area contributed by atoms with Crippen molar-refractivity contribution < 1.29 is 24.7 Å². The smallest absolute Gasteiger partial charge is 0.216 e. The van der Waals surface area contributed by atoms with Crippen LogP contribution in [0.25, 0.3) is 10.8 Å². The molecule has 2 aromatic carbocycles. The molecule has 2 aromatic rings. The van der Waals surface area contributed by atoms with Gasteiger partial charge in [0.05, 0.1) is 15.3 Å². The minimum absolute atomic E-state index is 0.252. The molecule has 1 N–H and O–H groups in total. The summed E-state index contributed by atoms with van der Waals surface area (Å²) in [7, 11) is 1.10. The maximum Gasteiger partial charge on any atom is 0.216 e. The molecular formula is C15H17NO2. The lowest BCUT2D eigenvalue weighted by Gasteiger charge is -2.08. The Labute approximate surface area is 122 Å². The fraction of sp³-hybridized carbons (Fsp3) is 0.267. The minimum atomic E-state index is -3.33. The van der Waals surface area contributed by atoms with Gasteiger partial charge in [0.2, 0.25) is 5.91 Å². The average Bonchev–Trinajstić information content (AvgIpc) is 2.63. The molecule has 0 fully saturated rings. The second-order valence-corrected chi connectivity index (χ2v) is 3.28. The van der Waals surface area contributed by atoms with Gasteiger partial charge in [-0.25, -0.2) is 0 Å². The van der Waals surface area contributed by atoms with Crippen molar-refractivity contribution in [1.82, 2.24) is 5.31 Å². The van der Waals surface area contributed by atoms with Crippen LogP contribution in [0.3, 0.4) is 0 Å². The molecule has 2 rings (SSSR count). The van der Waals surface area contributed by atoms with E-state index in [1.807, 2.05) is 0 Å². The molecule has 0 unspecified atom stereocenters. The molecule has 0 saturated carbocycles. The predicted octanol–water partition coefficient (Wildman–Crippen LogP) is 2.53. The van der Waals surface area contributed by atoms with E-state index < -0.39 is 77.1 Å². The average molecular weight is 254 g/mol. The van der Waals surface area contributed by atoms with Gasteiger partial charge in [-0.05, 0) is 34.8 Å². The van der Waals surface area contributed by atoms with E-state index in [1.54, 1.807) is 0 Å². The number of aryl methyl sites for hydroxylation is 1. The number of amides is 1. The van der Waals surface area contributed by atoms with Gasteiger partial charge < -0.3 is 10.0 Å². The van der Waals surface area contributed by atoms with E-state index in [1.165, 1.54) is 0 Å². The summed E-state index contributed by atoms with van der Waals surface area (Å²) >= 11 is 0. The molecule has 0 aliphatic heterocycles. The van der Waals surface area contributed by atoms with Crippen LogP contribution in [0.1, 0.15) is 26.2 Å². The standard InChI is InChI=1S/C15H17NO2/c1-11(17)16-9-8-13-5-3-4-12-6-7-14(18-2)10-15(12)13/h3-7,10H,8-9H2,1-2H3,(H,16,17)/i3D,4D,5D,6D,7D,8D2,9D2,10D/hD. The lowest BCUT2D eigenvalue weighted by molar-refractivity contribution is -0.118. The molecule has 1 amide bonds. The monoisotopic (exact) mass is 254 g/mol. The lowest BCUT2D eigenvalue weighted by atomic mass is 10.0. The number of carbonyl (C=O) groups excluding carboxylic acids is 1. The summed E-state index contributed by atoms with van der Waals surface area (Å²) in [5.41, 5.74) is -0.881. The van der Waals surface area contributed by atoms with Crippen molar-refractivity contribution in [3.63, 3.8) is 0 Å². The van der Waals surface area contributed by atoms with Crippen LogP contribution in [0.4, 0.5) is 0 Å². The quantitative estimate of drug-likeness (QED) is 0.910. The zero-order valence-electron chi connectivity index (χ0n) is 20.8. The minimum Gasteiger partial charge on any atom is -0.497 e. The highest BCUT2D eigenvalue weighted by molar-refractivity contribution is 5.87. The van der Waals surface area contributed by atoms with Crippen molar-refractivity contribution in [3.8, 4) is 5.75 Å². The Bertz CT molecular complexity index is 1020. The Morgan fingerprint density at radius 2 is 2.33 bits per heavy atom. The number of hydrogen-bond acceptors (Lipinski definition) is 2. The Kier molecular flexibility index (Phi) is 1.41. The summed E-state index contributed by atoms with van der Waals surface area (Å²) in [5.74, 6) is -1.58. The topological polar surface area (TPSA) is 38.3 Å². The third kappa shape index (κ3) is 2.80. The number of hydrogen-bond donors (Lipinski definition) is 1. The summed E-state index contributed by atoms with van der Waals surface area (Å²) < 4.78 is 93.6. The van der Waals surface area contributed by atoms with Crippen LogP contribution < -0.4 is 10.0 Å². The maximum atomic E-state index is 11.5. The maximum absolute atomic E-state index is 11.5. The Morgan fingerprint density at radius 1 is 1.50 bits per heavy atom. The van der Waals surface area contributed by atoms with Crippen LogP contribution in [-0.2, 0) is 11.2 Å². The predicted molar refractivity (Wildman–Crippen MR) is 72.9 cm³/mol. The van der Waals surface area contributed by atoms with Crippen molar-refractivity contribution in [3.05, 3.63) is 41.8 Å². The summed E-state index contributed by atoms with van der Waals surface area (Å²) in [5, 5.41) is -1.30. The highest BCUT2D eigenvalue weighted by Crippen LogP contribution is 2.24. The fourth-order valence-electron chi connectivity index (χ4n) is 1.25. The van der Waals surface area contributed by atoms with E-state index in [9.17, 15) is 4.79 Å². The molecular weight excluding hydrogens is 226 g/mol.